The van der Waals surface area contributed by atoms with Gasteiger partial charge in [-0.2, -0.15) is 0 Å². The van der Waals surface area contributed by atoms with Crippen LogP contribution in [0, 0.1) is 65.6 Å². The van der Waals surface area contributed by atoms with Gasteiger partial charge in [-0.25, -0.2) is 0 Å². The van der Waals surface area contributed by atoms with E-state index in [0.29, 0.717) is 55.0 Å². The molecule has 3 unspecified atom stereocenters. The topological polar surface area (TPSA) is 102 Å². The largest absolute Gasteiger partial charge is 0.493 e. The van der Waals surface area contributed by atoms with E-state index in [1.54, 1.807) is 0 Å². The zero-order valence-electron chi connectivity index (χ0n) is 30.9. The highest BCUT2D eigenvalue weighted by Crippen LogP contribution is 2.68. The number of esters is 2. The summed E-state index contributed by atoms with van der Waals surface area (Å²) in [6.07, 6.45) is 10.4. The average Bonchev–Trinajstić information content (AvgIpc) is 3.39. The molecular weight excluding hydrogens is 604 g/mol. The smallest absolute Gasteiger partial charge is 0.311 e. The molecule has 0 radical (unpaired) electrons. The Bertz CT molecular complexity index is 1280. The van der Waals surface area contributed by atoms with E-state index in [0.717, 1.165) is 61.8 Å². The monoisotopic (exact) mass is 668 g/mol. The highest BCUT2D eigenvalue weighted by molar-refractivity contribution is 5.75. The number of rotatable bonds is 13. The number of carbonyl (C=O) groups excluding carboxylic acids is 2. The van der Waals surface area contributed by atoms with E-state index in [1.165, 1.54) is 19.3 Å². The van der Waals surface area contributed by atoms with E-state index in [4.69, 9.17) is 14.2 Å². The molecular formula is C41H64O7. The number of carbonyl (C=O) groups is 2. The highest BCUT2D eigenvalue weighted by Gasteiger charge is 2.62. The predicted octanol–water partition coefficient (Wildman–Crippen LogP) is 7.98. The molecule has 0 heterocycles. The van der Waals surface area contributed by atoms with Gasteiger partial charge in [-0.05, 0) is 162 Å². The SMILES string of the molecule is Cc1ccc(C)c(OCCCC(C)(C)C(=O)OCCOC(=O)CC[C@@H](C)[C@H]2CCC3C4C(CC[C@@]32C)[C@@]2(C)CC[C@@H](O)C[C@H]2C[C@@H]4O)c1. The Morgan fingerprint density at radius 2 is 1.65 bits per heavy atom. The van der Waals surface area contributed by atoms with Crippen molar-refractivity contribution in [3.05, 3.63) is 29.3 Å². The maximum atomic E-state index is 12.8. The molecule has 7 nitrogen and oxygen atoms in total. The van der Waals surface area contributed by atoms with Gasteiger partial charge in [0.15, 0.2) is 0 Å². The van der Waals surface area contributed by atoms with Crippen molar-refractivity contribution < 1.29 is 34.0 Å². The quantitative estimate of drug-likeness (QED) is 0.162. The third-order valence-electron chi connectivity index (χ3n) is 13.9. The fourth-order valence-corrected chi connectivity index (χ4v) is 10.9. The van der Waals surface area contributed by atoms with Crippen LogP contribution in [-0.4, -0.2) is 54.2 Å². The van der Waals surface area contributed by atoms with Crippen LogP contribution in [0.5, 0.6) is 5.75 Å². The first-order valence-corrected chi connectivity index (χ1v) is 19.0. The van der Waals surface area contributed by atoms with Crippen molar-refractivity contribution in [2.24, 2.45) is 51.8 Å². The summed E-state index contributed by atoms with van der Waals surface area (Å²) < 4.78 is 16.9. The van der Waals surface area contributed by atoms with Crippen LogP contribution in [0.4, 0.5) is 0 Å². The van der Waals surface area contributed by atoms with Crippen LogP contribution in [-0.2, 0) is 19.1 Å². The number of benzene rings is 1. The molecule has 270 valence electrons. The summed E-state index contributed by atoms with van der Waals surface area (Å²) in [6, 6.07) is 6.15. The fourth-order valence-electron chi connectivity index (χ4n) is 10.9. The zero-order valence-corrected chi connectivity index (χ0v) is 30.9. The lowest BCUT2D eigenvalue weighted by atomic mass is 9.43. The van der Waals surface area contributed by atoms with Gasteiger partial charge in [-0.1, -0.05) is 32.9 Å². The van der Waals surface area contributed by atoms with Crippen molar-refractivity contribution in [2.45, 2.75) is 138 Å². The second-order valence-electron chi connectivity index (χ2n) is 17.4. The third-order valence-corrected chi connectivity index (χ3v) is 13.9. The van der Waals surface area contributed by atoms with E-state index >= 15 is 0 Å². The van der Waals surface area contributed by atoms with Crippen molar-refractivity contribution in [3.63, 3.8) is 0 Å². The Labute approximate surface area is 289 Å². The molecule has 1 aromatic rings. The Morgan fingerprint density at radius 3 is 2.42 bits per heavy atom. The summed E-state index contributed by atoms with van der Waals surface area (Å²) in [4.78, 5) is 25.5. The fraction of sp³-hybridized carbons (Fsp3) is 0.805. The van der Waals surface area contributed by atoms with Crippen molar-refractivity contribution in [1.29, 1.82) is 0 Å². The molecule has 0 saturated heterocycles. The van der Waals surface area contributed by atoms with Crippen LogP contribution in [0.25, 0.3) is 0 Å². The first-order chi connectivity index (χ1) is 22.7. The molecule has 0 aromatic heterocycles. The molecule has 0 bridgehead atoms. The van der Waals surface area contributed by atoms with Crippen LogP contribution >= 0.6 is 0 Å². The number of hydrogen-bond donors (Lipinski definition) is 2. The van der Waals surface area contributed by atoms with E-state index < -0.39 is 5.41 Å². The van der Waals surface area contributed by atoms with Gasteiger partial charge in [-0.15, -0.1) is 0 Å². The first kappa shape index (κ1) is 37.1. The Balaban J connectivity index is 1.01. The van der Waals surface area contributed by atoms with Gasteiger partial charge in [0.1, 0.15) is 19.0 Å². The highest BCUT2D eigenvalue weighted by atomic mass is 16.6. The van der Waals surface area contributed by atoms with Crippen molar-refractivity contribution in [3.8, 4) is 5.75 Å². The van der Waals surface area contributed by atoms with E-state index in [-0.39, 0.29) is 48.2 Å². The summed E-state index contributed by atoms with van der Waals surface area (Å²) >= 11 is 0. The second kappa shape index (κ2) is 15.0. The first-order valence-electron chi connectivity index (χ1n) is 19.0. The number of aliphatic hydroxyl groups excluding tert-OH is 2. The van der Waals surface area contributed by atoms with Gasteiger partial charge in [-0.3, -0.25) is 9.59 Å². The van der Waals surface area contributed by atoms with Crippen LogP contribution in [0.15, 0.2) is 18.2 Å². The Kier molecular flexibility index (Phi) is 11.6. The second-order valence-corrected chi connectivity index (χ2v) is 17.4. The van der Waals surface area contributed by atoms with Gasteiger partial charge >= 0.3 is 11.9 Å². The Morgan fingerprint density at radius 1 is 0.938 bits per heavy atom. The summed E-state index contributed by atoms with van der Waals surface area (Å²) in [7, 11) is 0. The molecule has 4 aliphatic carbocycles. The number of aliphatic hydroxyl groups is 2. The molecule has 7 heteroatoms. The van der Waals surface area contributed by atoms with Gasteiger partial charge < -0.3 is 24.4 Å². The molecule has 2 N–H and O–H groups in total. The number of aryl methyl sites for hydroxylation is 2. The minimum absolute atomic E-state index is 0.0640. The van der Waals surface area contributed by atoms with E-state index in [1.807, 2.05) is 33.8 Å². The maximum Gasteiger partial charge on any atom is 0.311 e. The molecule has 1 aromatic carbocycles. The molecule has 0 amide bonds. The predicted molar refractivity (Wildman–Crippen MR) is 187 cm³/mol. The zero-order chi connectivity index (χ0) is 34.9. The molecule has 10 atom stereocenters. The lowest BCUT2D eigenvalue weighted by Gasteiger charge is -2.62. The van der Waals surface area contributed by atoms with Crippen molar-refractivity contribution >= 4 is 11.9 Å². The van der Waals surface area contributed by atoms with Gasteiger partial charge in [0.05, 0.1) is 24.2 Å². The van der Waals surface area contributed by atoms with Gasteiger partial charge in [0.25, 0.3) is 0 Å². The maximum absolute atomic E-state index is 12.8. The van der Waals surface area contributed by atoms with Crippen LogP contribution in [0.1, 0.15) is 123 Å². The van der Waals surface area contributed by atoms with Crippen molar-refractivity contribution in [2.75, 3.05) is 19.8 Å². The molecule has 4 aliphatic rings. The van der Waals surface area contributed by atoms with Crippen LogP contribution in [0.2, 0.25) is 0 Å². The Hall–Kier alpha value is -2.12. The summed E-state index contributed by atoms with van der Waals surface area (Å²) in [5.41, 5.74) is 2.03. The lowest BCUT2D eigenvalue weighted by Crippen LogP contribution is -2.58. The lowest BCUT2D eigenvalue weighted by molar-refractivity contribution is -0.174. The van der Waals surface area contributed by atoms with E-state index in [9.17, 15) is 19.8 Å². The molecule has 0 aliphatic heterocycles. The molecule has 4 fully saturated rings. The van der Waals surface area contributed by atoms with Crippen LogP contribution < -0.4 is 4.74 Å². The van der Waals surface area contributed by atoms with Gasteiger partial charge in [0.2, 0.25) is 0 Å². The van der Waals surface area contributed by atoms with Gasteiger partial charge in [0, 0.05) is 6.42 Å². The summed E-state index contributed by atoms with van der Waals surface area (Å²) in [5, 5.41) is 21.9. The molecule has 48 heavy (non-hydrogen) atoms. The molecule has 5 rings (SSSR count). The minimum Gasteiger partial charge on any atom is -0.493 e. The number of hydrogen-bond acceptors (Lipinski definition) is 7. The molecule has 0 spiro atoms. The average molecular weight is 669 g/mol. The number of fused-ring (bicyclic) bond motifs is 5. The van der Waals surface area contributed by atoms with Crippen molar-refractivity contribution in [1.82, 2.24) is 0 Å². The molecule has 4 saturated carbocycles. The normalized spacial score (nSPS) is 35.1. The number of ether oxygens (including phenoxy) is 3. The van der Waals surface area contributed by atoms with Crippen LogP contribution in [0.3, 0.4) is 0 Å². The standard InChI is InChI=1S/C41H64O7/c1-26-9-10-28(3)35(23-26)46-20-8-17-39(4,5)38(45)48-22-21-47-36(44)14-11-27(2)31-12-13-32-37-33(16-19-41(31,32)7)40(6)18-15-30(42)24-29(40)25-34(37)43/h9-10,23,27,29-34,37,42-43H,8,11-22,24-25H2,1-7H3/t27-,29+,30-,31-,32?,33?,34+,37?,40+,41-/m1/s1. The van der Waals surface area contributed by atoms with E-state index in [2.05, 4.69) is 32.9 Å². The summed E-state index contributed by atoms with van der Waals surface area (Å²) in [5.74, 6) is 3.16. The summed E-state index contributed by atoms with van der Waals surface area (Å²) in [6.45, 7) is 15.7. The third kappa shape index (κ3) is 7.77. The minimum atomic E-state index is -0.648.